The van der Waals surface area contributed by atoms with E-state index in [0.717, 1.165) is 0 Å². The third kappa shape index (κ3) is 3.31. The number of hydrogen-bond acceptors (Lipinski definition) is 4. The fourth-order valence-corrected chi connectivity index (χ4v) is 4.91. The van der Waals surface area contributed by atoms with Gasteiger partial charge in [0.25, 0.3) is 0 Å². The lowest BCUT2D eigenvalue weighted by atomic mass is 9.81. The normalized spacial score (nSPS) is 32.8. The van der Waals surface area contributed by atoms with Crippen molar-refractivity contribution in [1.29, 1.82) is 0 Å². The molecule has 1 saturated carbocycles. The highest BCUT2D eigenvalue weighted by Gasteiger charge is 2.36. The van der Waals surface area contributed by atoms with Crippen molar-refractivity contribution < 1.29 is 23.1 Å². The van der Waals surface area contributed by atoms with E-state index in [0.29, 0.717) is 32.1 Å². The summed E-state index contributed by atoms with van der Waals surface area (Å²) < 4.78 is 22.9. The first-order valence-corrected chi connectivity index (χ1v) is 8.82. The molecule has 0 aromatic rings. The van der Waals surface area contributed by atoms with Gasteiger partial charge in [-0.2, -0.15) is 0 Å². The second-order valence-corrected chi connectivity index (χ2v) is 8.12. The molecule has 7 heteroatoms. The molecule has 0 spiro atoms. The van der Waals surface area contributed by atoms with Gasteiger partial charge in [0, 0.05) is 19.0 Å². The predicted octanol–water partition coefficient (Wildman–Crippen LogP) is 0.523. The van der Waals surface area contributed by atoms with Crippen molar-refractivity contribution in [1.82, 2.24) is 4.90 Å². The number of amides is 1. The molecular formula is C13H21NO5S. The van der Waals surface area contributed by atoms with E-state index in [-0.39, 0.29) is 35.3 Å². The first-order chi connectivity index (χ1) is 9.30. The number of hydrogen-bond donors (Lipinski definition) is 1. The molecule has 1 unspecified atom stereocenters. The summed E-state index contributed by atoms with van der Waals surface area (Å²) >= 11 is 0. The Morgan fingerprint density at radius 2 is 1.60 bits per heavy atom. The van der Waals surface area contributed by atoms with Crippen molar-refractivity contribution in [2.75, 3.05) is 18.6 Å². The Morgan fingerprint density at radius 1 is 1.05 bits per heavy atom. The fourth-order valence-electron chi connectivity index (χ4n) is 3.14. The molecule has 1 atom stereocenters. The maximum Gasteiger partial charge on any atom is 0.306 e. The second-order valence-electron chi connectivity index (χ2n) is 5.89. The Hall–Kier alpha value is -1.11. The van der Waals surface area contributed by atoms with Gasteiger partial charge in [-0.15, -0.1) is 0 Å². The Morgan fingerprint density at radius 3 is 2.05 bits per heavy atom. The maximum atomic E-state index is 12.4. The summed E-state index contributed by atoms with van der Waals surface area (Å²) in [5, 5.41) is 8.94. The van der Waals surface area contributed by atoms with Gasteiger partial charge in [-0.3, -0.25) is 9.59 Å². The van der Waals surface area contributed by atoms with Crippen LogP contribution in [0.2, 0.25) is 0 Å². The lowest BCUT2D eigenvalue weighted by Crippen LogP contribution is -2.42. The number of rotatable bonds is 3. The number of sulfone groups is 1. The van der Waals surface area contributed by atoms with Crippen LogP contribution in [0.25, 0.3) is 0 Å². The molecule has 114 valence electrons. The molecular weight excluding hydrogens is 282 g/mol. The standard InChI is InChI=1S/C13H21NO5S/c1-14(11-6-7-20(18,19)8-11)12(15)9-2-4-10(5-3-9)13(16)17/h9-11H,2-8H2,1H3,(H,16,17). The van der Waals surface area contributed by atoms with Gasteiger partial charge in [-0.25, -0.2) is 8.42 Å². The molecule has 1 saturated heterocycles. The molecule has 6 nitrogen and oxygen atoms in total. The molecule has 0 aromatic carbocycles. The molecule has 2 aliphatic rings. The molecule has 0 aromatic heterocycles. The minimum Gasteiger partial charge on any atom is -0.481 e. The number of carboxylic acids is 1. The van der Waals surface area contributed by atoms with Gasteiger partial charge in [-0.1, -0.05) is 0 Å². The van der Waals surface area contributed by atoms with Gasteiger partial charge in [0.2, 0.25) is 5.91 Å². The SMILES string of the molecule is CN(C(=O)C1CCC(C(=O)O)CC1)C1CCS(=O)(=O)C1. The molecule has 1 aliphatic carbocycles. The van der Waals surface area contributed by atoms with Crippen LogP contribution < -0.4 is 0 Å². The minimum absolute atomic E-state index is 0.0315. The van der Waals surface area contributed by atoms with Crippen LogP contribution in [0.15, 0.2) is 0 Å². The molecule has 20 heavy (non-hydrogen) atoms. The fraction of sp³-hybridized carbons (Fsp3) is 0.846. The zero-order valence-corrected chi connectivity index (χ0v) is 12.4. The van der Waals surface area contributed by atoms with E-state index in [2.05, 4.69) is 0 Å². The third-order valence-corrected chi connectivity index (χ3v) is 6.28. The summed E-state index contributed by atoms with van der Waals surface area (Å²) in [6.07, 6.45) is 2.74. The van der Waals surface area contributed by atoms with Crippen LogP contribution in [-0.4, -0.2) is 54.9 Å². The molecule has 0 bridgehead atoms. The summed E-state index contributed by atoms with van der Waals surface area (Å²) in [5.74, 6) is -1.10. The van der Waals surface area contributed by atoms with Crippen molar-refractivity contribution >= 4 is 21.7 Å². The van der Waals surface area contributed by atoms with E-state index >= 15 is 0 Å². The Balaban J connectivity index is 1.90. The lowest BCUT2D eigenvalue weighted by Gasteiger charge is -2.31. The smallest absolute Gasteiger partial charge is 0.306 e. The molecule has 1 aliphatic heterocycles. The quantitative estimate of drug-likeness (QED) is 0.821. The Labute approximate surface area is 119 Å². The van der Waals surface area contributed by atoms with Crippen molar-refractivity contribution in [2.24, 2.45) is 11.8 Å². The summed E-state index contributed by atoms with van der Waals surface area (Å²) in [5.41, 5.74) is 0. The monoisotopic (exact) mass is 303 g/mol. The molecule has 1 heterocycles. The van der Waals surface area contributed by atoms with Crippen LogP contribution in [0, 0.1) is 11.8 Å². The highest BCUT2D eigenvalue weighted by molar-refractivity contribution is 7.91. The number of carboxylic acid groups (broad SMARTS) is 1. The number of carbonyl (C=O) groups is 2. The van der Waals surface area contributed by atoms with Gasteiger partial charge in [0.15, 0.2) is 9.84 Å². The molecule has 2 rings (SSSR count). The second kappa shape index (κ2) is 5.71. The van der Waals surface area contributed by atoms with Crippen molar-refractivity contribution in [3.63, 3.8) is 0 Å². The topological polar surface area (TPSA) is 91.8 Å². The van der Waals surface area contributed by atoms with Crippen LogP contribution in [0.3, 0.4) is 0 Å². The minimum atomic E-state index is -3.00. The number of nitrogens with zero attached hydrogens (tertiary/aromatic N) is 1. The first-order valence-electron chi connectivity index (χ1n) is 7.00. The summed E-state index contributed by atoms with van der Waals surface area (Å²) in [7, 11) is -1.33. The molecule has 1 amide bonds. The van der Waals surface area contributed by atoms with E-state index in [1.165, 1.54) is 0 Å². The zero-order chi connectivity index (χ0) is 14.9. The van der Waals surface area contributed by atoms with Crippen LogP contribution in [0.5, 0.6) is 0 Å². The largest absolute Gasteiger partial charge is 0.481 e. The van der Waals surface area contributed by atoms with Crippen molar-refractivity contribution in [3.05, 3.63) is 0 Å². The first kappa shape index (κ1) is 15.3. The van der Waals surface area contributed by atoms with Gasteiger partial charge in [0.05, 0.1) is 17.4 Å². The molecule has 0 radical (unpaired) electrons. The van der Waals surface area contributed by atoms with Gasteiger partial charge < -0.3 is 10.0 Å². The average Bonchev–Trinajstić information content (AvgIpc) is 2.77. The highest BCUT2D eigenvalue weighted by atomic mass is 32.2. The van der Waals surface area contributed by atoms with E-state index in [1.807, 2.05) is 0 Å². The van der Waals surface area contributed by atoms with Crippen molar-refractivity contribution in [2.45, 2.75) is 38.1 Å². The Kier molecular flexibility index (Phi) is 4.36. The highest BCUT2D eigenvalue weighted by Crippen LogP contribution is 2.31. The van der Waals surface area contributed by atoms with Crippen LogP contribution in [0.4, 0.5) is 0 Å². The van der Waals surface area contributed by atoms with E-state index in [9.17, 15) is 18.0 Å². The van der Waals surface area contributed by atoms with Gasteiger partial charge in [-0.05, 0) is 32.1 Å². The summed E-state index contributed by atoms with van der Waals surface area (Å²) in [6, 6.07) is -0.218. The van der Waals surface area contributed by atoms with Crippen LogP contribution in [-0.2, 0) is 19.4 Å². The summed E-state index contributed by atoms with van der Waals surface area (Å²) in [4.78, 5) is 24.8. The molecule has 2 fully saturated rings. The van der Waals surface area contributed by atoms with Gasteiger partial charge >= 0.3 is 5.97 Å². The van der Waals surface area contributed by atoms with E-state index in [4.69, 9.17) is 5.11 Å². The number of carbonyl (C=O) groups excluding carboxylic acids is 1. The summed E-state index contributed by atoms with van der Waals surface area (Å²) in [6.45, 7) is 0. The number of aliphatic carboxylic acids is 1. The average molecular weight is 303 g/mol. The predicted molar refractivity (Wildman–Crippen MR) is 72.9 cm³/mol. The van der Waals surface area contributed by atoms with Crippen molar-refractivity contribution in [3.8, 4) is 0 Å². The lowest BCUT2D eigenvalue weighted by molar-refractivity contribution is -0.145. The third-order valence-electron chi connectivity index (χ3n) is 4.53. The van der Waals surface area contributed by atoms with E-state index in [1.54, 1.807) is 11.9 Å². The van der Waals surface area contributed by atoms with Gasteiger partial charge in [0.1, 0.15) is 0 Å². The zero-order valence-electron chi connectivity index (χ0n) is 11.6. The molecule has 1 N–H and O–H groups in total. The van der Waals surface area contributed by atoms with Crippen LogP contribution in [0.1, 0.15) is 32.1 Å². The Bertz CT molecular complexity index is 493. The van der Waals surface area contributed by atoms with Crippen LogP contribution >= 0.6 is 0 Å². The van der Waals surface area contributed by atoms with E-state index < -0.39 is 15.8 Å². The maximum absolute atomic E-state index is 12.4.